The van der Waals surface area contributed by atoms with Gasteiger partial charge in [0, 0.05) is 21.3 Å². The van der Waals surface area contributed by atoms with Crippen molar-refractivity contribution >= 4 is 33.2 Å². The van der Waals surface area contributed by atoms with E-state index in [2.05, 4.69) is 27.1 Å². The lowest BCUT2D eigenvalue weighted by Crippen LogP contribution is -2.10. The minimum absolute atomic E-state index is 0.723. The molecule has 4 rings (SSSR count). The van der Waals surface area contributed by atoms with Crippen molar-refractivity contribution in [3.05, 3.63) is 50.8 Å². The van der Waals surface area contributed by atoms with Gasteiger partial charge in [0.05, 0.1) is 11.3 Å². The van der Waals surface area contributed by atoms with Crippen LogP contribution in [-0.4, -0.2) is 14.6 Å². The Morgan fingerprint density at radius 1 is 1.18 bits per heavy atom. The first-order valence-electron chi connectivity index (χ1n) is 7.48. The standard InChI is InChI=1S/C17H15BrClN3/c1-10-15(11-6-2-4-8-13(11)18)17-20-14-9-5-3-7-12(14)16(19)22(17)21-10/h2,4,6,8H,3,5,7,9H2,1H3. The van der Waals surface area contributed by atoms with E-state index in [1.807, 2.05) is 25.1 Å². The minimum Gasteiger partial charge on any atom is -0.233 e. The van der Waals surface area contributed by atoms with E-state index in [0.29, 0.717) is 0 Å². The van der Waals surface area contributed by atoms with E-state index in [-0.39, 0.29) is 0 Å². The molecule has 3 aromatic rings. The van der Waals surface area contributed by atoms with Gasteiger partial charge in [0.2, 0.25) is 0 Å². The maximum Gasteiger partial charge on any atom is 0.165 e. The van der Waals surface area contributed by atoms with E-state index in [9.17, 15) is 0 Å². The molecule has 0 radical (unpaired) electrons. The highest BCUT2D eigenvalue weighted by atomic mass is 79.9. The topological polar surface area (TPSA) is 30.2 Å². The molecule has 0 atom stereocenters. The number of aryl methyl sites for hydroxylation is 2. The van der Waals surface area contributed by atoms with Crippen LogP contribution in [0, 0.1) is 6.92 Å². The maximum absolute atomic E-state index is 6.62. The van der Waals surface area contributed by atoms with Crippen LogP contribution in [0.1, 0.15) is 29.8 Å². The summed E-state index contributed by atoms with van der Waals surface area (Å²) in [6.07, 6.45) is 4.37. The van der Waals surface area contributed by atoms with E-state index in [4.69, 9.17) is 16.6 Å². The van der Waals surface area contributed by atoms with Crippen molar-refractivity contribution < 1.29 is 0 Å². The molecule has 3 nitrogen and oxygen atoms in total. The number of rotatable bonds is 1. The summed E-state index contributed by atoms with van der Waals surface area (Å²) in [6.45, 7) is 2.01. The second kappa shape index (κ2) is 5.36. The fraction of sp³-hybridized carbons (Fsp3) is 0.294. The third-order valence-corrected chi connectivity index (χ3v) is 5.37. The van der Waals surface area contributed by atoms with Crippen LogP contribution in [-0.2, 0) is 12.8 Å². The van der Waals surface area contributed by atoms with E-state index in [0.717, 1.165) is 50.6 Å². The molecule has 0 saturated carbocycles. The number of halogens is 2. The van der Waals surface area contributed by atoms with Gasteiger partial charge in [0.15, 0.2) is 5.65 Å². The summed E-state index contributed by atoms with van der Waals surface area (Å²) in [5.41, 5.74) is 6.27. The van der Waals surface area contributed by atoms with Gasteiger partial charge >= 0.3 is 0 Å². The van der Waals surface area contributed by atoms with Gasteiger partial charge in [-0.2, -0.15) is 5.10 Å². The number of nitrogens with zero attached hydrogens (tertiary/aromatic N) is 3. The highest BCUT2D eigenvalue weighted by molar-refractivity contribution is 9.10. The van der Waals surface area contributed by atoms with Crippen LogP contribution in [0.4, 0.5) is 0 Å². The zero-order valence-corrected chi connectivity index (χ0v) is 14.6. The Bertz CT molecular complexity index is 885. The monoisotopic (exact) mass is 375 g/mol. The summed E-state index contributed by atoms with van der Waals surface area (Å²) in [5.74, 6) is 0. The maximum atomic E-state index is 6.62. The second-order valence-corrected chi connectivity index (χ2v) is 6.92. The molecular formula is C17H15BrClN3. The van der Waals surface area contributed by atoms with Gasteiger partial charge in [-0.15, -0.1) is 0 Å². The van der Waals surface area contributed by atoms with Crippen LogP contribution in [0.15, 0.2) is 28.7 Å². The molecule has 0 fully saturated rings. The number of aromatic nitrogens is 3. The van der Waals surface area contributed by atoms with Gasteiger partial charge < -0.3 is 0 Å². The van der Waals surface area contributed by atoms with Crippen LogP contribution in [0.25, 0.3) is 16.8 Å². The Balaban J connectivity index is 2.06. The van der Waals surface area contributed by atoms with E-state index in [1.165, 1.54) is 18.4 Å². The third-order valence-electron chi connectivity index (χ3n) is 4.29. The molecule has 0 aliphatic heterocycles. The summed E-state index contributed by atoms with van der Waals surface area (Å²) < 4.78 is 2.85. The lowest BCUT2D eigenvalue weighted by Gasteiger charge is -2.16. The molecule has 0 saturated heterocycles. The van der Waals surface area contributed by atoms with Crippen LogP contribution >= 0.6 is 27.5 Å². The number of hydrogen-bond donors (Lipinski definition) is 0. The van der Waals surface area contributed by atoms with Crippen molar-refractivity contribution in [3.8, 4) is 11.1 Å². The van der Waals surface area contributed by atoms with Crippen LogP contribution in [0.5, 0.6) is 0 Å². The van der Waals surface area contributed by atoms with Crippen molar-refractivity contribution in [2.45, 2.75) is 32.6 Å². The molecule has 0 N–H and O–H groups in total. The number of fused-ring (bicyclic) bond motifs is 2. The Morgan fingerprint density at radius 3 is 2.77 bits per heavy atom. The molecule has 1 aliphatic rings. The Kier molecular flexibility index (Phi) is 3.46. The largest absolute Gasteiger partial charge is 0.233 e. The molecule has 112 valence electrons. The molecule has 0 unspecified atom stereocenters. The predicted molar refractivity (Wildman–Crippen MR) is 92.5 cm³/mol. The van der Waals surface area contributed by atoms with Crippen molar-refractivity contribution in [2.24, 2.45) is 0 Å². The fourth-order valence-electron chi connectivity index (χ4n) is 3.23. The number of hydrogen-bond acceptors (Lipinski definition) is 2. The summed E-state index contributed by atoms with van der Waals surface area (Å²) in [7, 11) is 0. The van der Waals surface area contributed by atoms with Crippen molar-refractivity contribution in [1.82, 2.24) is 14.6 Å². The van der Waals surface area contributed by atoms with E-state index >= 15 is 0 Å². The van der Waals surface area contributed by atoms with Crippen LogP contribution in [0.3, 0.4) is 0 Å². The summed E-state index contributed by atoms with van der Waals surface area (Å²) in [6, 6.07) is 8.17. The zero-order valence-electron chi connectivity index (χ0n) is 12.2. The second-order valence-electron chi connectivity index (χ2n) is 5.71. The zero-order chi connectivity index (χ0) is 15.3. The lowest BCUT2D eigenvalue weighted by atomic mass is 9.97. The minimum atomic E-state index is 0.723. The quantitative estimate of drug-likeness (QED) is 0.559. The Morgan fingerprint density at radius 2 is 1.95 bits per heavy atom. The highest BCUT2D eigenvalue weighted by Crippen LogP contribution is 2.36. The Hall–Kier alpha value is -1.39. The number of benzene rings is 1. The normalized spacial score (nSPS) is 14.3. The SMILES string of the molecule is Cc1nn2c(Cl)c3c(nc2c1-c1ccccc1Br)CCCC3. The molecule has 2 heterocycles. The molecular weight excluding hydrogens is 362 g/mol. The third kappa shape index (κ3) is 2.09. The van der Waals surface area contributed by atoms with E-state index in [1.54, 1.807) is 4.52 Å². The van der Waals surface area contributed by atoms with Crippen LogP contribution < -0.4 is 0 Å². The van der Waals surface area contributed by atoms with Crippen molar-refractivity contribution in [1.29, 1.82) is 0 Å². The molecule has 1 aliphatic carbocycles. The van der Waals surface area contributed by atoms with Crippen molar-refractivity contribution in [3.63, 3.8) is 0 Å². The van der Waals surface area contributed by atoms with Gasteiger partial charge in [-0.05, 0) is 38.7 Å². The average Bonchev–Trinajstić information content (AvgIpc) is 2.85. The fourth-order valence-corrected chi connectivity index (χ4v) is 4.03. The van der Waals surface area contributed by atoms with Gasteiger partial charge in [-0.3, -0.25) is 0 Å². The summed E-state index contributed by atoms with van der Waals surface area (Å²) in [4.78, 5) is 4.91. The Labute approximate surface area is 142 Å². The molecule has 1 aromatic carbocycles. The molecule has 0 spiro atoms. The van der Waals surface area contributed by atoms with Crippen LogP contribution in [0.2, 0.25) is 5.15 Å². The van der Waals surface area contributed by atoms with Gasteiger partial charge in [-0.1, -0.05) is 45.7 Å². The lowest BCUT2D eigenvalue weighted by molar-refractivity contribution is 0.660. The van der Waals surface area contributed by atoms with E-state index < -0.39 is 0 Å². The first-order chi connectivity index (χ1) is 10.7. The predicted octanol–water partition coefficient (Wildman–Crippen LogP) is 5.00. The molecule has 5 heteroatoms. The average molecular weight is 377 g/mol. The first kappa shape index (κ1) is 14.2. The molecule has 2 aromatic heterocycles. The van der Waals surface area contributed by atoms with Gasteiger partial charge in [0.25, 0.3) is 0 Å². The first-order valence-corrected chi connectivity index (χ1v) is 8.65. The molecule has 0 amide bonds. The van der Waals surface area contributed by atoms with Gasteiger partial charge in [-0.25, -0.2) is 9.50 Å². The smallest absolute Gasteiger partial charge is 0.165 e. The molecule has 0 bridgehead atoms. The molecule has 22 heavy (non-hydrogen) atoms. The summed E-state index contributed by atoms with van der Waals surface area (Å²) >= 11 is 10.3. The highest BCUT2D eigenvalue weighted by Gasteiger charge is 2.22. The van der Waals surface area contributed by atoms with Gasteiger partial charge in [0.1, 0.15) is 5.15 Å². The van der Waals surface area contributed by atoms with Crippen molar-refractivity contribution in [2.75, 3.05) is 0 Å². The summed E-state index contributed by atoms with van der Waals surface area (Å²) in [5, 5.41) is 5.36.